The van der Waals surface area contributed by atoms with E-state index < -0.39 is 0 Å². The van der Waals surface area contributed by atoms with Crippen LogP contribution < -0.4 is 5.32 Å². The molecule has 0 spiro atoms. The molecule has 172 valence electrons. The number of carbonyl (C=O) groups excluding carboxylic acids is 2. The predicted molar refractivity (Wildman–Crippen MR) is 126 cm³/mol. The zero-order chi connectivity index (χ0) is 22.7. The maximum atomic E-state index is 12.9. The quantitative estimate of drug-likeness (QED) is 0.535. The van der Waals surface area contributed by atoms with Gasteiger partial charge >= 0.3 is 0 Å². The van der Waals surface area contributed by atoms with Crippen molar-refractivity contribution in [1.82, 2.24) is 24.8 Å². The molecule has 0 bridgehead atoms. The largest absolute Gasteiger partial charge is 0.356 e. The van der Waals surface area contributed by atoms with Gasteiger partial charge in [-0.15, -0.1) is 10.2 Å². The summed E-state index contributed by atoms with van der Waals surface area (Å²) in [6.45, 7) is 1.94. The molecular weight excluding hydrogens is 414 g/mol. The summed E-state index contributed by atoms with van der Waals surface area (Å²) in [4.78, 5) is 27.8. The Labute approximate surface area is 194 Å². The van der Waals surface area contributed by atoms with E-state index in [9.17, 15) is 9.59 Å². The molecule has 5 rings (SSSR count). The Hall–Kier alpha value is -3.22. The highest BCUT2D eigenvalue weighted by Crippen LogP contribution is 2.41. The highest BCUT2D eigenvalue weighted by Gasteiger charge is 2.39. The second-order valence-electron chi connectivity index (χ2n) is 9.55. The van der Waals surface area contributed by atoms with Gasteiger partial charge in [0.05, 0.1) is 0 Å². The van der Waals surface area contributed by atoms with Crippen molar-refractivity contribution in [2.75, 3.05) is 13.1 Å². The first-order valence-electron chi connectivity index (χ1n) is 12.1. The summed E-state index contributed by atoms with van der Waals surface area (Å²) in [5, 5.41) is 11.6. The minimum atomic E-state index is -0.122. The van der Waals surface area contributed by atoms with Crippen molar-refractivity contribution < 1.29 is 9.59 Å². The van der Waals surface area contributed by atoms with Crippen LogP contribution in [0.1, 0.15) is 66.7 Å². The number of hydrogen-bond acceptors (Lipinski definition) is 4. The Balaban J connectivity index is 1.16. The second kappa shape index (κ2) is 9.33. The van der Waals surface area contributed by atoms with Crippen LogP contribution in [0.25, 0.3) is 5.65 Å². The number of hydrogen-bond donors (Lipinski definition) is 1. The third kappa shape index (κ3) is 4.63. The standard InChI is InChI=1S/C26H31N5O2/c32-24(27-15-8-12-23-29-28-22-11-4-7-16-31(22)23)17-26(13-5-1-6-14-26)19-30-18-20-9-2-3-10-21(20)25(30)33/h2-4,7,9-11,16H,1,5-6,8,12-15,17-19H2,(H,27,32). The lowest BCUT2D eigenvalue weighted by atomic mass is 9.71. The molecule has 33 heavy (non-hydrogen) atoms. The number of nitrogens with one attached hydrogen (secondary N) is 1. The van der Waals surface area contributed by atoms with Crippen molar-refractivity contribution in [2.24, 2.45) is 5.41 Å². The SMILES string of the molecule is O=C(CC1(CN2Cc3ccccc3C2=O)CCCCC1)NCCCc1nnc2ccccn12. The molecule has 1 saturated carbocycles. The van der Waals surface area contributed by atoms with E-state index in [0.29, 0.717) is 26.1 Å². The normalized spacial score (nSPS) is 17.3. The number of nitrogens with zero attached hydrogens (tertiary/aromatic N) is 4. The molecular formula is C26H31N5O2. The van der Waals surface area contributed by atoms with Crippen LogP contribution in [0.5, 0.6) is 0 Å². The van der Waals surface area contributed by atoms with Gasteiger partial charge in [0.2, 0.25) is 5.91 Å². The van der Waals surface area contributed by atoms with Crippen LogP contribution in [0.4, 0.5) is 0 Å². The summed E-state index contributed by atoms with van der Waals surface area (Å²) in [5.41, 5.74) is 2.63. The molecule has 0 radical (unpaired) electrons. The molecule has 3 aromatic rings. The highest BCUT2D eigenvalue weighted by atomic mass is 16.2. The van der Waals surface area contributed by atoms with Gasteiger partial charge in [0.15, 0.2) is 5.65 Å². The van der Waals surface area contributed by atoms with Gasteiger partial charge in [-0.25, -0.2) is 0 Å². The first-order chi connectivity index (χ1) is 16.1. The van der Waals surface area contributed by atoms with E-state index in [1.54, 1.807) is 0 Å². The number of carbonyl (C=O) groups is 2. The number of pyridine rings is 1. The van der Waals surface area contributed by atoms with Crippen LogP contribution in [0.3, 0.4) is 0 Å². The molecule has 2 aromatic heterocycles. The van der Waals surface area contributed by atoms with Crippen molar-refractivity contribution in [3.05, 3.63) is 65.6 Å². The fourth-order valence-corrected chi connectivity index (χ4v) is 5.48. The Morgan fingerprint density at radius 3 is 2.70 bits per heavy atom. The highest BCUT2D eigenvalue weighted by molar-refractivity contribution is 5.98. The van der Waals surface area contributed by atoms with E-state index in [4.69, 9.17) is 0 Å². The molecule has 7 heteroatoms. The summed E-state index contributed by atoms with van der Waals surface area (Å²) < 4.78 is 1.99. The van der Waals surface area contributed by atoms with E-state index in [2.05, 4.69) is 15.5 Å². The fraction of sp³-hybridized carbons (Fsp3) is 0.462. The lowest BCUT2D eigenvalue weighted by molar-refractivity contribution is -0.124. The zero-order valence-corrected chi connectivity index (χ0v) is 19.0. The van der Waals surface area contributed by atoms with Crippen LogP contribution in [-0.2, 0) is 17.8 Å². The van der Waals surface area contributed by atoms with E-state index in [-0.39, 0.29) is 17.2 Å². The fourth-order valence-electron chi connectivity index (χ4n) is 5.48. The van der Waals surface area contributed by atoms with Gasteiger partial charge < -0.3 is 10.2 Å². The molecule has 0 atom stereocenters. The van der Waals surface area contributed by atoms with E-state index in [1.807, 2.05) is 58.0 Å². The van der Waals surface area contributed by atoms with Crippen molar-refractivity contribution >= 4 is 17.5 Å². The molecule has 2 aliphatic rings. The lowest BCUT2D eigenvalue weighted by Crippen LogP contribution is -2.43. The van der Waals surface area contributed by atoms with Gasteiger partial charge in [-0.3, -0.25) is 14.0 Å². The number of benzene rings is 1. The summed E-state index contributed by atoms with van der Waals surface area (Å²) >= 11 is 0. The van der Waals surface area contributed by atoms with Crippen molar-refractivity contribution in [3.63, 3.8) is 0 Å². The van der Waals surface area contributed by atoms with Crippen molar-refractivity contribution in [3.8, 4) is 0 Å². The molecule has 0 saturated heterocycles. The van der Waals surface area contributed by atoms with Gasteiger partial charge in [-0.05, 0) is 48.4 Å². The van der Waals surface area contributed by atoms with Crippen LogP contribution in [0.2, 0.25) is 0 Å². The Bertz CT molecular complexity index is 1150. The maximum absolute atomic E-state index is 12.9. The average Bonchev–Trinajstić information content (AvgIpc) is 3.38. The van der Waals surface area contributed by atoms with Gasteiger partial charge in [0.25, 0.3) is 5.91 Å². The van der Waals surface area contributed by atoms with Crippen LogP contribution in [0, 0.1) is 5.41 Å². The van der Waals surface area contributed by atoms with E-state index >= 15 is 0 Å². The Morgan fingerprint density at radius 1 is 1.03 bits per heavy atom. The molecule has 3 heterocycles. The number of fused-ring (bicyclic) bond motifs is 2. The first-order valence-corrected chi connectivity index (χ1v) is 12.1. The number of aromatic nitrogens is 3. The minimum Gasteiger partial charge on any atom is -0.356 e. The molecule has 2 amide bonds. The lowest BCUT2D eigenvalue weighted by Gasteiger charge is -2.39. The zero-order valence-electron chi connectivity index (χ0n) is 19.0. The van der Waals surface area contributed by atoms with Gasteiger partial charge in [0.1, 0.15) is 5.82 Å². The monoisotopic (exact) mass is 445 g/mol. The first kappa shape index (κ1) is 21.6. The van der Waals surface area contributed by atoms with Crippen LogP contribution in [0.15, 0.2) is 48.7 Å². The third-order valence-electron chi connectivity index (χ3n) is 7.16. The maximum Gasteiger partial charge on any atom is 0.254 e. The topological polar surface area (TPSA) is 79.6 Å². The van der Waals surface area contributed by atoms with Crippen LogP contribution >= 0.6 is 0 Å². The minimum absolute atomic E-state index is 0.0900. The van der Waals surface area contributed by atoms with Gasteiger partial charge in [-0.2, -0.15) is 0 Å². The van der Waals surface area contributed by atoms with Gasteiger partial charge in [-0.1, -0.05) is 43.5 Å². The summed E-state index contributed by atoms with van der Waals surface area (Å²) in [5.74, 6) is 1.11. The molecule has 1 N–H and O–H groups in total. The Morgan fingerprint density at radius 2 is 1.85 bits per heavy atom. The Kier molecular flexibility index (Phi) is 6.11. The summed E-state index contributed by atoms with van der Waals surface area (Å²) in [7, 11) is 0. The van der Waals surface area contributed by atoms with E-state index in [1.165, 1.54) is 6.42 Å². The van der Waals surface area contributed by atoms with Crippen molar-refractivity contribution in [1.29, 1.82) is 0 Å². The number of amides is 2. The molecule has 1 aromatic carbocycles. The van der Waals surface area contributed by atoms with Crippen molar-refractivity contribution in [2.45, 2.75) is 57.9 Å². The third-order valence-corrected chi connectivity index (χ3v) is 7.16. The molecule has 1 fully saturated rings. The van der Waals surface area contributed by atoms with Crippen LogP contribution in [-0.4, -0.2) is 44.4 Å². The smallest absolute Gasteiger partial charge is 0.254 e. The number of rotatable bonds is 8. The summed E-state index contributed by atoms with van der Waals surface area (Å²) in [6.07, 6.45) is 9.51. The molecule has 1 aliphatic carbocycles. The molecule has 0 unspecified atom stereocenters. The van der Waals surface area contributed by atoms with Gasteiger partial charge in [0, 0.05) is 44.2 Å². The molecule has 1 aliphatic heterocycles. The van der Waals surface area contributed by atoms with E-state index in [0.717, 1.165) is 61.1 Å². The number of aryl methyl sites for hydroxylation is 1. The average molecular weight is 446 g/mol. The molecule has 7 nitrogen and oxygen atoms in total. The second-order valence-corrected chi connectivity index (χ2v) is 9.55. The predicted octanol–water partition coefficient (Wildman–Crippen LogP) is 3.77. The summed E-state index contributed by atoms with van der Waals surface area (Å²) in [6, 6.07) is 13.7.